The molecule has 1 atom stereocenters. The van der Waals surface area contributed by atoms with Crippen LogP contribution < -0.4 is 5.73 Å². The van der Waals surface area contributed by atoms with E-state index in [0.717, 1.165) is 6.54 Å². The molecule has 0 radical (unpaired) electrons. The van der Waals surface area contributed by atoms with Gasteiger partial charge in [0.15, 0.2) is 0 Å². The Balaban J connectivity index is 0.00000180. The summed E-state index contributed by atoms with van der Waals surface area (Å²) >= 11 is 0. The molecule has 1 saturated heterocycles. The predicted molar refractivity (Wildman–Crippen MR) is 81.6 cm³/mol. The number of aryl methyl sites for hydroxylation is 2. The number of halogens is 1. The van der Waals surface area contributed by atoms with E-state index in [2.05, 4.69) is 30.8 Å². The van der Waals surface area contributed by atoms with Crippen LogP contribution in [0.2, 0.25) is 0 Å². The van der Waals surface area contributed by atoms with Crippen molar-refractivity contribution in [3.63, 3.8) is 0 Å². The van der Waals surface area contributed by atoms with Crippen molar-refractivity contribution < 1.29 is 0 Å². The van der Waals surface area contributed by atoms with Crippen molar-refractivity contribution in [2.45, 2.75) is 46.2 Å². The van der Waals surface area contributed by atoms with Crippen molar-refractivity contribution in [1.29, 1.82) is 0 Å². The SMILES string of the molecule is Cc1nn(C)c(C)c1CN1CCC(C(C)N)CC1.Cl. The third-order valence-electron chi connectivity index (χ3n) is 4.42. The molecule has 2 heterocycles. The Morgan fingerprint density at radius 3 is 2.32 bits per heavy atom. The minimum Gasteiger partial charge on any atom is -0.328 e. The van der Waals surface area contributed by atoms with E-state index in [1.807, 2.05) is 11.7 Å². The Morgan fingerprint density at radius 1 is 1.32 bits per heavy atom. The molecule has 0 amide bonds. The predicted octanol–water partition coefficient (Wildman–Crippen LogP) is 2.02. The van der Waals surface area contributed by atoms with Crippen molar-refractivity contribution >= 4 is 12.4 Å². The molecule has 110 valence electrons. The minimum atomic E-state index is 0. The molecule has 0 aliphatic carbocycles. The van der Waals surface area contributed by atoms with Gasteiger partial charge in [-0.25, -0.2) is 0 Å². The first-order valence-corrected chi connectivity index (χ1v) is 6.96. The van der Waals surface area contributed by atoms with Crippen molar-refractivity contribution in [3.8, 4) is 0 Å². The highest BCUT2D eigenvalue weighted by Crippen LogP contribution is 2.22. The number of likely N-dealkylation sites (tertiary alicyclic amines) is 1. The van der Waals surface area contributed by atoms with Crippen LogP contribution in [0.5, 0.6) is 0 Å². The third-order valence-corrected chi connectivity index (χ3v) is 4.42. The van der Waals surface area contributed by atoms with E-state index in [1.54, 1.807) is 0 Å². The Hall–Kier alpha value is -0.580. The average Bonchev–Trinajstić information content (AvgIpc) is 2.57. The van der Waals surface area contributed by atoms with Gasteiger partial charge in [0.25, 0.3) is 0 Å². The molecule has 2 N–H and O–H groups in total. The smallest absolute Gasteiger partial charge is 0.0641 e. The Labute approximate surface area is 122 Å². The van der Waals surface area contributed by atoms with E-state index in [-0.39, 0.29) is 12.4 Å². The molecule has 1 aliphatic heterocycles. The zero-order valence-corrected chi connectivity index (χ0v) is 13.3. The summed E-state index contributed by atoms with van der Waals surface area (Å²) in [6, 6.07) is 0.342. The summed E-state index contributed by atoms with van der Waals surface area (Å²) in [5, 5.41) is 4.49. The van der Waals surface area contributed by atoms with Gasteiger partial charge in [0.2, 0.25) is 0 Å². The summed E-state index contributed by atoms with van der Waals surface area (Å²) in [5.41, 5.74) is 9.85. The van der Waals surface area contributed by atoms with Gasteiger partial charge in [-0.05, 0) is 52.6 Å². The van der Waals surface area contributed by atoms with Crippen molar-refractivity contribution in [2.75, 3.05) is 13.1 Å². The first kappa shape index (κ1) is 16.5. The molecule has 0 saturated carbocycles. The fraction of sp³-hybridized carbons (Fsp3) is 0.786. The topological polar surface area (TPSA) is 47.1 Å². The Morgan fingerprint density at radius 2 is 1.89 bits per heavy atom. The van der Waals surface area contributed by atoms with Crippen LogP contribution in [0.1, 0.15) is 36.7 Å². The van der Waals surface area contributed by atoms with Crippen LogP contribution in [0.3, 0.4) is 0 Å². The van der Waals surface area contributed by atoms with Crippen LogP contribution in [0, 0.1) is 19.8 Å². The van der Waals surface area contributed by atoms with Crippen LogP contribution in [0.15, 0.2) is 0 Å². The maximum absolute atomic E-state index is 5.98. The maximum atomic E-state index is 5.98. The lowest BCUT2D eigenvalue weighted by atomic mass is 9.91. The number of hydrogen-bond donors (Lipinski definition) is 1. The first-order valence-electron chi connectivity index (χ1n) is 6.96. The molecular formula is C14H27ClN4. The standard InChI is InChI=1S/C14H26N4.ClH/c1-10(15)13-5-7-18(8-6-13)9-14-11(2)16-17(4)12(14)3;/h10,13H,5-9,15H2,1-4H3;1H. The lowest BCUT2D eigenvalue weighted by Gasteiger charge is -2.33. The van der Waals surface area contributed by atoms with Crippen LogP contribution in [-0.2, 0) is 13.6 Å². The van der Waals surface area contributed by atoms with Gasteiger partial charge in [0.1, 0.15) is 0 Å². The zero-order chi connectivity index (χ0) is 13.3. The Kier molecular flexibility index (Phi) is 5.83. The number of nitrogens with two attached hydrogens (primary N) is 1. The summed E-state index contributed by atoms with van der Waals surface area (Å²) in [6.07, 6.45) is 2.46. The number of nitrogens with zero attached hydrogens (tertiary/aromatic N) is 3. The van der Waals surface area contributed by atoms with E-state index in [1.165, 1.54) is 42.9 Å². The molecular weight excluding hydrogens is 260 g/mol. The summed E-state index contributed by atoms with van der Waals surface area (Å²) < 4.78 is 1.99. The van der Waals surface area contributed by atoms with Gasteiger partial charge in [-0.15, -0.1) is 12.4 Å². The molecule has 2 rings (SSSR count). The van der Waals surface area contributed by atoms with Crippen LogP contribution >= 0.6 is 12.4 Å². The Bertz CT molecular complexity index is 406. The highest BCUT2D eigenvalue weighted by atomic mass is 35.5. The molecule has 1 aliphatic rings. The first-order chi connectivity index (χ1) is 8.49. The van der Waals surface area contributed by atoms with Crippen LogP contribution in [0.4, 0.5) is 0 Å². The van der Waals surface area contributed by atoms with Crippen LogP contribution in [-0.4, -0.2) is 33.8 Å². The lowest BCUT2D eigenvalue weighted by Crippen LogP contribution is -2.39. The second-order valence-electron chi connectivity index (χ2n) is 5.75. The molecule has 0 bridgehead atoms. The summed E-state index contributed by atoms with van der Waals surface area (Å²) in [7, 11) is 2.02. The molecule has 0 aromatic carbocycles. The normalized spacial score (nSPS) is 19.2. The highest BCUT2D eigenvalue weighted by molar-refractivity contribution is 5.85. The lowest BCUT2D eigenvalue weighted by molar-refractivity contribution is 0.165. The van der Waals surface area contributed by atoms with Crippen LogP contribution in [0.25, 0.3) is 0 Å². The van der Waals surface area contributed by atoms with Gasteiger partial charge in [-0.3, -0.25) is 9.58 Å². The third kappa shape index (κ3) is 3.71. The number of piperidine rings is 1. The van der Waals surface area contributed by atoms with Gasteiger partial charge in [0.05, 0.1) is 5.69 Å². The quantitative estimate of drug-likeness (QED) is 0.925. The molecule has 5 heteroatoms. The fourth-order valence-electron chi connectivity index (χ4n) is 2.91. The number of hydrogen-bond acceptors (Lipinski definition) is 3. The van der Waals surface area contributed by atoms with E-state index in [0.29, 0.717) is 12.0 Å². The van der Waals surface area contributed by atoms with Gasteiger partial charge >= 0.3 is 0 Å². The maximum Gasteiger partial charge on any atom is 0.0641 e. The molecule has 4 nitrogen and oxygen atoms in total. The van der Waals surface area contributed by atoms with Gasteiger partial charge in [0, 0.05) is 30.9 Å². The number of rotatable bonds is 3. The molecule has 19 heavy (non-hydrogen) atoms. The summed E-state index contributed by atoms with van der Waals surface area (Å²) in [4.78, 5) is 2.54. The average molecular weight is 287 g/mol. The highest BCUT2D eigenvalue weighted by Gasteiger charge is 2.23. The van der Waals surface area contributed by atoms with Gasteiger partial charge in [-0.1, -0.05) is 0 Å². The molecule has 0 spiro atoms. The fourth-order valence-corrected chi connectivity index (χ4v) is 2.91. The number of aromatic nitrogens is 2. The second kappa shape index (κ2) is 6.73. The monoisotopic (exact) mass is 286 g/mol. The summed E-state index contributed by atoms with van der Waals surface area (Å²) in [6.45, 7) is 9.77. The minimum absolute atomic E-state index is 0. The summed E-state index contributed by atoms with van der Waals surface area (Å²) in [5.74, 6) is 0.706. The zero-order valence-electron chi connectivity index (χ0n) is 12.5. The molecule has 1 aromatic rings. The second-order valence-corrected chi connectivity index (χ2v) is 5.75. The molecule has 1 aromatic heterocycles. The molecule has 1 unspecified atom stereocenters. The van der Waals surface area contributed by atoms with Gasteiger partial charge < -0.3 is 5.73 Å². The molecule has 1 fully saturated rings. The van der Waals surface area contributed by atoms with Crippen molar-refractivity contribution in [2.24, 2.45) is 18.7 Å². The van der Waals surface area contributed by atoms with Crippen molar-refractivity contribution in [1.82, 2.24) is 14.7 Å². The van der Waals surface area contributed by atoms with Crippen molar-refractivity contribution in [3.05, 3.63) is 17.0 Å². The largest absolute Gasteiger partial charge is 0.328 e. The van der Waals surface area contributed by atoms with E-state index >= 15 is 0 Å². The van der Waals surface area contributed by atoms with E-state index in [4.69, 9.17) is 5.73 Å². The van der Waals surface area contributed by atoms with E-state index < -0.39 is 0 Å². The van der Waals surface area contributed by atoms with E-state index in [9.17, 15) is 0 Å². The van der Waals surface area contributed by atoms with Gasteiger partial charge in [-0.2, -0.15) is 5.10 Å².